The molecular formula is C17H29NO4. The van der Waals surface area contributed by atoms with E-state index in [2.05, 4.69) is 19.2 Å². The van der Waals surface area contributed by atoms with Crippen molar-refractivity contribution >= 4 is 11.9 Å². The predicted molar refractivity (Wildman–Crippen MR) is 85.1 cm³/mol. The maximum Gasteiger partial charge on any atom is 0.333 e. The number of methoxy groups -OCH3 is 1. The zero-order chi connectivity index (χ0) is 16.7. The summed E-state index contributed by atoms with van der Waals surface area (Å²) in [5.41, 5.74) is 0.603. The van der Waals surface area contributed by atoms with Crippen LogP contribution in [0.15, 0.2) is 11.6 Å². The SMILES string of the molecule is CCC(CC)C[C@H](NC(C)=O)[C@@H]1C=C(C(=O)OC)C[C@H]1CO. The molecule has 1 rings (SSSR count). The average molecular weight is 311 g/mol. The van der Waals surface area contributed by atoms with Gasteiger partial charge in [-0.25, -0.2) is 4.79 Å². The van der Waals surface area contributed by atoms with Crippen LogP contribution >= 0.6 is 0 Å². The molecule has 0 aromatic heterocycles. The van der Waals surface area contributed by atoms with E-state index in [9.17, 15) is 14.7 Å². The van der Waals surface area contributed by atoms with E-state index in [1.165, 1.54) is 14.0 Å². The standard InChI is InChI=1S/C17H29NO4/c1-5-12(6-2)7-16(18-11(3)20)15-9-13(17(21)22-4)8-14(15)10-19/h9,12,14-16,19H,5-8,10H2,1-4H3,(H,18,20)/t14-,15+,16-/m0/s1. The Morgan fingerprint density at radius 1 is 1.41 bits per heavy atom. The molecule has 0 spiro atoms. The molecule has 3 atom stereocenters. The highest BCUT2D eigenvalue weighted by Gasteiger charge is 2.36. The van der Waals surface area contributed by atoms with E-state index in [0.29, 0.717) is 17.9 Å². The van der Waals surface area contributed by atoms with Crippen LogP contribution in [0.5, 0.6) is 0 Å². The van der Waals surface area contributed by atoms with Gasteiger partial charge in [0, 0.05) is 31.1 Å². The van der Waals surface area contributed by atoms with E-state index < -0.39 is 0 Å². The molecule has 0 aliphatic heterocycles. The van der Waals surface area contributed by atoms with E-state index in [4.69, 9.17) is 4.74 Å². The zero-order valence-electron chi connectivity index (χ0n) is 14.1. The fourth-order valence-corrected chi connectivity index (χ4v) is 3.32. The molecule has 0 heterocycles. The highest BCUT2D eigenvalue weighted by atomic mass is 16.5. The van der Waals surface area contributed by atoms with Crippen LogP contribution in [-0.2, 0) is 14.3 Å². The van der Waals surface area contributed by atoms with E-state index >= 15 is 0 Å². The lowest BCUT2D eigenvalue weighted by Gasteiger charge is -2.30. The van der Waals surface area contributed by atoms with Crippen LogP contribution in [0.25, 0.3) is 0 Å². The lowest BCUT2D eigenvalue weighted by Crippen LogP contribution is -2.42. The molecular weight excluding hydrogens is 282 g/mol. The molecule has 0 saturated heterocycles. The maximum atomic E-state index is 11.7. The molecule has 5 nitrogen and oxygen atoms in total. The topological polar surface area (TPSA) is 75.6 Å². The van der Waals surface area contributed by atoms with Gasteiger partial charge in [0.25, 0.3) is 0 Å². The predicted octanol–water partition coefficient (Wildman–Crippen LogP) is 2.05. The van der Waals surface area contributed by atoms with Crippen LogP contribution in [0.4, 0.5) is 0 Å². The van der Waals surface area contributed by atoms with Crippen LogP contribution in [0.2, 0.25) is 0 Å². The van der Waals surface area contributed by atoms with Crippen LogP contribution in [0.3, 0.4) is 0 Å². The minimum atomic E-state index is -0.343. The number of carbonyl (C=O) groups excluding carboxylic acids is 2. The van der Waals surface area contributed by atoms with Gasteiger partial charge < -0.3 is 15.2 Å². The van der Waals surface area contributed by atoms with Crippen molar-refractivity contribution in [3.05, 3.63) is 11.6 Å². The molecule has 0 radical (unpaired) electrons. The molecule has 1 amide bonds. The quantitative estimate of drug-likeness (QED) is 0.673. The summed E-state index contributed by atoms with van der Waals surface area (Å²) in [4.78, 5) is 23.3. The Hall–Kier alpha value is -1.36. The van der Waals surface area contributed by atoms with Gasteiger partial charge in [0.15, 0.2) is 0 Å². The van der Waals surface area contributed by atoms with Gasteiger partial charge in [-0.05, 0) is 24.7 Å². The minimum absolute atomic E-state index is 0.000657. The lowest BCUT2D eigenvalue weighted by atomic mass is 9.82. The normalized spacial score (nSPS) is 22.4. The van der Waals surface area contributed by atoms with Crippen LogP contribution in [-0.4, -0.2) is 36.7 Å². The number of aliphatic hydroxyl groups is 1. The Balaban J connectivity index is 2.96. The van der Waals surface area contributed by atoms with E-state index in [1.807, 2.05) is 6.08 Å². The summed E-state index contributed by atoms with van der Waals surface area (Å²) in [6.45, 7) is 5.80. The molecule has 0 fully saturated rings. The van der Waals surface area contributed by atoms with Gasteiger partial charge in [-0.1, -0.05) is 32.8 Å². The number of carbonyl (C=O) groups is 2. The third-order valence-electron chi connectivity index (χ3n) is 4.70. The third-order valence-corrected chi connectivity index (χ3v) is 4.70. The van der Waals surface area contributed by atoms with E-state index in [1.54, 1.807) is 0 Å². The molecule has 1 aliphatic rings. The fraction of sp³-hybridized carbons (Fsp3) is 0.765. The summed E-state index contributed by atoms with van der Waals surface area (Å²) in [5.74, 6) is 0.0355. The van der Waals surface area contributed by atoms with Gasteiger partial charge in [-0.15, -0.1) is 0 Å². The van der Waals surface area contributed by atoms with Crippen molar-refractivity contribution in [2.75, 3.05) is 13.7 Å². The molecule has 0 unspecified atom stereocenters. The van der Waals surface area contributed by atoms with Gasteiger partial charge in [-0.2, -0.15) is 0 Å². The van der Waals surface area contributed by atoms with Crippen molar-refractivity contribution in [1.29, 1.82) is 0 Å². The van der Waals surface area contributed by atoms with Crippen molar-refractivity contribution in [2.45, 2.75) is 52.5 Å². The summed E-state index contributed by atoms with van der Waals surface area (Å²) >= 11 is 0. The Labute approximate surface area is 133 Å². The van der Waals surface area contributed by atoms with E-state index in [0.717, 1.165) is 19.3 Å². The highest BCUT2D eigenvalue weighted by Crippen LogP contribution is 2.36. The number of rotatable bonds is 8. The minimum Gasteiger partial charge on any atom is -0.466 e. The lowest BCUT2D eigenvalue weighted by molar-refractivity contribution is -0.136. The van der Waals surface area contributed by atoms with Crippen LogP contribution in [0, 0.1) is 17.8 Å². The highest BCUT2D eigenvalue weighted by molar-refractivity contribution is 5.89. The van der Waals surface area contributed by atoms with Crippen LogP contribution < -0.4 is 5.32 Å². The first-order valence-electron chi connectivity index (χ1n) is 8.13. The number of nitrogens with one attached hydrogen (secondary N) is 1. The smallest absolute Gasteiger partial charge is 0.333 e. The number of ether oxygens (including phenoxy) is 1. The second kappa shape index (κ2) is 8.93. The molecule has 0 aromatic carbocycles. The molecule has 5 heteroatoms. The number of hydrogen-bond acceptors (Lipinski definition) is 4. The summed E-state index contributed by atoms with van der Waals surface area (Å²) in [7, 11) is 1.36. The summed E-state index contributed by atoms with van der Waals surface area (Å²) in [5, 5.41) is 12.7. The van der Waals surface area contributed by atoms with Gasteiger partial charge >= 0.3 is 5.97 Å². The summed E-state index contributed by atoms with van der Waals surface area (Å²) in [6.07, 6.45) is 5.36. The molecule has 22 heavy (non-hydrogen) atoms. The van der Waals surface area contributed by atoms with Gasteiger partial charge in [0.2, 0.25) is 5.91 Å². The molecule has 126 valence electrons. The molecule has 2 N–H and O–H groups in total. The first-order chi connectivity index (χ1) is 10.5. The Bertz CT molecular complexity index is 415. The maximum absolute atomic E-state index is 11.7. The van der Waals surface area contributed by atoms with E-state index in [-0.39, 0.29) is 36.4 Å². The molecule has 1 aliphatic carbocycles. The number of amides is 1. The number of aliphatic hydroxyl groups excluding tert-OH is 1. The van der Waals surface area contributed by atoms with Gasteiger partial charge in [0.1, 0.15) is 0 Å². The number of hydrogen-bond donors (Lipinski definition) is 2. The fourth-order valence-electron chi connectivity index (χ4n) is 3.32. The van der Waals surface area contributed by atoms with Crippen molar-refractivity contribution in [3.63, 3.8) is 0 Å². The van der Waals surface area contributed by atoms with Gasteiger partial charge in [0.05, 0.1) is 7.11 Å². The molecule has 0 bridgehead atoms. The summed E-state index contributed by atoms with van der Waals surface area (Å²) in [6, 6.07) is -0.0540. The van der Waals surface area contributed by atoms with Crippen LogP contribution in [0.1, 0.15) is 46.5 Å². The first kappa shape index (κ1) is 18.7. The second-order valence-corrected chi connectivity index (χ2v) is 6.13. The molecule has 0 saturated carbocycles. The first-order valence-corrected chi connectivity index (χ1v) is 8.13. The summed E-state index contributed by atoms with van der Waals surface area (Å²) < 4.78 is 4.78. The van der Waals surface area contributed by atoms with Crippen molar-refractivity contribution in [1.82, 2.24) is 5.32 Å². The van der Waals surface area contributed by atoms with Crippen molar-refractivity contribution < 1.29 is 19.4 Å². The average Bonchev–Trinajstić information content (AvgIpc) is 2.94. The van der Waals surface area contributed by atoms with Gasteiger partial charge in [-0.3, -0.25) is 4.79 Å². The number of esters is 1. The Morgan fingerprint density at radius 2 is 2.05 bits per heavy atom. The zero-order valence-corrected chi connectivity index (χ0v) is 14.1. The van der Waals surface area contributed by atoms with Crippen molar-refractivity contribution in [3.8, 4) is 0 Å². The largest absolute Gasteiger partial charge is 0.466 e. The second-order valence-electron chi connectivity index (χ2n) is 6.13. The Kier molecular flexibility index (Phi) is 7.59. The third kappa shape index (κ3) is 4.83. The molecule has 0 aromatic rings. The monoisotopic (exact) mass is 311 g/mol. The van der Waals surface area contributed by atoms with Crippen molar-refractivity contribution in [2.24, 2.45) is 17.8 Å². The Morgan fingerprint density at radius 3 is 2.50 bits per heavy atom.